The van der Waals surface area contributed by atoms with E-state index in [1.807, 2.05) is 12.1 Å². The van der Waals surface area contributed by atoms with Gasteiger partial charge in [-0.05, 0) is 12.1 Å². The summed E-state index contributed by atoms with van der Waals surface area (Å²) < 4.78 is 10.1. The Morgan fingerprint density at radius 2 is 2.24 bits per heavy atom. The van der Waals surface area contributed by atoms with Gasteiger partial charge in [0, 0.05) is 17.7 Å². The van der Waals surface area contributed by atoms with Crippen LogP contribution in [0.4, 0.5) is 0 Å². The van der Waals surface area contributed by atoms with Crippen LogP contribution in [0.15, 0.2) is 24.3 Å². The molecular weight excluding hydrogens is 242 g/mol. The third-order valence-corrected chi connectivity index (χ3v) is 2.32. The molecule has 0 aliphatic rings. The zero-order valence-electron chi connectivity index (χ0n) is 9.31. The van der Waals surface area contributed by atoms with Crippen LogP contribution in [-0.4, -0.2) is 35.5 Å². The SMILES string of the molecule is COCCOc1n[nH]c(-c2cccc(Cl)c2)n1. The van der Waals surface area contributed by atoms with E-state index in [1.165, 1.54) is 0 Å². The summed E-state index contributed by atoms with van der Waals surface area (Å²) in [6.45, 7) is 0.921. The molecule has 0 radical (unpaired) electrons. The summed E-state index contributed by atoms with van der Waals surface area (Å²) in [6, 6.07) is 7.66. The lowest BCUT2D eigenvalue weighted by atomic mass is 10.2. The van der Waals surface area contributed by atoms with Gasteiger partial charge in [-0.25, -0.2) is 0 Å². The van der Waals surface area contributed by atoms with E-state index in [2.05, 4.69) is 15.2 Å². The Morgan fingerprint density at radius 1 is 1.35 bits per heavy atom. The number of hydrogen-bond acceptors (Lipinski definition) is 4. The molecule has 0 aliphatic heterocycles. The molecule has 0 saturated heterocycles. The van der Waals surface area contributed by atoms with Crippen molar-refractivity contribution < 1.29 is 9.47 Å². The van der Waals surface area contributed by atoms with Gasteiger partial charge in [0.2, 0.25) is 0 Å². The van der Waals surface area contributed by atoms with Gasteiger partial charge >= 0.3 is 6.01 Å². The van der Waals surface area contributed by atoms with Crippen LogP contribution in [0.5, 0.6) is 6.01 Å². The highest BCUT2D eigenvalue weighted by molar-refractivity contribution is 6.30. The van der Waals surface area contributed by atoms with Crippen molar-refractivity contribution in [1.29, 1.82) is 0 Å². The molecule has 2 rings (SSSR count). The molecule has 0 bridgehead atoms. The molecule has 0 fully saturated rings. The predicted octanol–water partition coefficient (Wildman–Crippen LogP) is 2.15. The average Bonchev–Trinajstić information content (AvgIpc) is 2.78. The van der Waals surface area contributed by atoms with Crippen molar-refractivity contribution in [2.45, 2.75) is 0 Å². The Labute approximate surface area is 104 Å². The van der Waals surface area contributed by atoms with Crippen LogP contribution in [0.25, 0.3) is 11.4 Å². The quantitative estimate of drug-likeness (QED) is 0.830. The minimum atomic E-state index is 0.303. The molecular formula is C11H12ClN3O2. The number of benzene rings is 1. The van der Waals surface area contributed by atoms with Crippen molar-refractivity contribution >= 4 is 11.6 Å². The molecule has 1 heterocycles. The summed E-state index contributed by atoms with van der Waals surface area (Å²) in [6.07, 6.45) is 0. The fourth-order valence-corrected chi connectivity index (χ4v) is 1.48. The maximum atomic E-state index is 5.89. The first-order valence-electron chi connectivity index (χ1n) is 5.09. The Hall–Kier alpha value is -1.59. The average molecular weight is 254 g/mol. The van der Waals surface area contributed by atoms with Crippen LogP contribution in [-0.2, 0) is 4.74 Å². The van der Waals surface area contributed by atoms with E-state index in [0.29, 0.717) is 30.1 Å². The number of hydrogen-bond donors (Lipinski definition) is 1. The molecule has 0 saturated carbocycles. The Morgan fingerprint density at radius 3 is 3.00 bits per heavy atom. The fraction of sp³-hybridized carbons (Fsp3) is 0.273. The van der Waals surface area contributed by atoms with E-state index in [0.717, 1.165) is 5.56 Å². The number of nitrogens with zero attached hydrogens (tertiary/aromatic N) is 2. The van der Waals surface area contributed by atoms with Crippen LogP contribution in [0.1, 0.15) is 0 Å². The van der Waals surface area contributed by atoms with Crippen molar-refractivity contribution in [2.75, 3.05) is 20.3 Å². The molecule has 17 heavy (non-hydrogen) atoms. The van der Waals surface area contributed by atoms with Crippen LogP contribution in [0.2, 0.25) is 5.02 Å². The summed E-state index contributed by atoms with van der Waals surface area (Å²) in [5.74, 6) is 0.625. The first-order chi connectivity index (χ1) is 8.29. The number of ether oxygens (including phenoxy) is 2. The second kappa shape index (κ2) is 5.65. The second-order valence-corrected chi connectivity index (χ2v) is 3.75. The monoisotopic (exact) mass is 253 g/mol. The lowest BCUT2D eigenvalue weighted by Crippen LogP contribution is -2.05. The maximum Gasteiger partial charge on any atom is 0.335 e. The number of H-pyrrole nitrogens is 1. The number of methoxy groups -OCH3 is 1. The number of nitrogens with one attached hydrogen (secondary N) is 1. The number of aromatic nitrogens is 3. The normalized spacial score (nSPS) is 10.5. The maximum absolute atomic E-state index is 5.89. The van der Waals surface area contributed by atoms with Gasteiger partial charge < -0.3 is 9.47 Å². The molecule has 1 aromatic carbocycles. The third-order valence-electron chi connectivity index (χ3n) is 2.08. The van der Waals surface area contributed by atoms with Gasteiger partial charge in [-0.1, -0.05) is 23.7 Å². The van der Waals surface area contributed by atoms with Crippen LogP contribution < -0.4 is 4.74 Å². The molecule has 1 N–H and O–H groups in total. The van der Waals surface area contributed by atoms with Gasteiger partial charge in [0.25, 0.3) is 0 Å². The van der Waals surface area contributed by atoms with Gasteiger partial charge in [-0.3, -0.25) is 5.10 Å². The zero-order valence-corrected chi connectivity index (χ0v) is 10.1. The van der Waals surface area contributed by atoms with Crippen molar-refractivity contribution in [3.05, 3.63) is 29.3 Å². The highest BCUT2D eigenvalue weighted by Crippen LogP contribution is 2.20. The first-order valence-corrected chi connectivity index (χ1v) is 5.47. The standard InChI is InChI=1S/C11H12ClN3O2/c1-16-5-6-17-11-13-10(14-15-11)8-3-2-4-9(12)7-8/h2-4,7H,5-6H2,1H3,(H,13,14,15). The van der Waals surface area contributed by atoms with Crippen molar-refractivity contribution in [3.8, 4) is 17.4 Å². The minimum Gasteiger partial charge on any atom is -0.460 e. The number of aromatic amines is 1. The number of rotatable bonds is 5. The third kappa shape index (κ3) is 3.18. The molecule has 0 amide bonds. The topological polar surface area (TPSA) is 60.0 Å². The fourth-order valence-electron chi connectivity index (χ4n) is 1.29. The first kappa shape index (κ1) is 11.9. The van der Waals surface area contributed by atoms with E-state index < -0.39 is 0 Å². The van der Waals surface area contributed by atoms with Gasteiger partial charge in [0.1, 0.15) is 6.61 Å². The van der Waals surface area contributed by atoms with E-state index in [1.54, 1.807) is 19.2 Å². The highest BCUT2D eigenvalue weighted by Gasteiger charge is 2.06. The van der Waals surface area contributed by atoms with Crippen LogP contribution >= 0.6 is 11.6 Å². The van der Waals surface area contributed by atoms with Crippen molar-refractivity contribution in [1.82, 2.24) is 15.2 Å². The molecule has 1 aromatic heterocycles. The number of halogens is 1. The van der Waals surface area contributed by atoms with E-state index in [-0.39, 0.29) is 0 Å². The van der Waals surface area contributed by atoms with Crippen molar-refractivity contribution in [3.63, 3.8) is 0 Å². The predicted molar refractivity (Wildman–Crippen MR) is 64.2 cm³/mol. The van der Waals surface area contributed by atoms with E-state index >= 15 is 0 Å². The van der Waals surface area contributed by atoms with Crippen LogP contribution in [0, 0.1) is 0 Å². The smallest absolute Gasteiger partial charge is 0.335 e. The van der Waals surface area contributed by atoms with E-state index in [9.17, 15) is 0 Å². The lowest BCUT2D eigenvalue weighted by Gasteiger charge is -1.98. The molecule has 0 unspecified atom stereocenters. The minimum absolute atomic E-state index is 0.303. The summed E-state index contributed by atoms with van der Waals surface area (Å²) in [4.78, 5) is 4.19. The zero-order chi connectivity index (χ0) is 12.1. The summed E-state index contributed by atoms with van der Waals surface area (Å²) in [5.41, 5.74) is 0.867. The van der Waals surface area contributed by atoms with Gasteiger partial charge in [-0.15, -0.1) is 5.10 Å². The Bertz CT molecular complexity index is 487. The Balaban J connectivity index is 2.07. The molecule has 90 valence electrons. The molecule has 2 aromatic rings. The summed E-state index contributed by atoms with van der Waals surface area (Å²) >= 11 is 5.89. The molecule has 6 heteroatoms. The van der Waals surface area contributed by atoms with Crippen molar-refractivity contribution in [2.24, 2.45) is 0 Å². The highest BCUT2D eigenvalue weighted by atomic mass is 35.5. The Kier molecular flexibility index (Phi) is 3.95. The largest absolute Gasteiger partial charge is 0.460 e. The molecule has 5 nitrogen and oxygen atoms in total. The van der Waals surface area contributed by atoms with Crippen LogP contribution in [0.3, 0.4) is 0 Å². The van der Waals surface area contributed by atoms with Gasteiger partial charge in [-0.2, -0.15) is 4.98 Å². The second-order valence-electron chi connectivity index (χ2n) is 3.32. The van der Waals surface area contributed by atoms with Gasteiger partial charge in [0.15, 0.2) is 5.82 Å². The molecule has 0 spiro atoms. The lowest BCUT2D eigenvalue weighted by molar-refractivity contribution is 0.141. The molecule has 0 atom stereocenters. The van der Waals surface area contributed by atoms with E-state index in [4.69, 9.17) is 21.1 Å². The van der Waals surface area contributed by atoms with Gasteiger partial charge in [0.05, 0.1) is 6.61 Å². The molecule has 0 aliphatic carbocycles. The summed E-state index contributed by atoms with van der Waals surface area (Å²) in [5, 5.41) is 7.38. The summed E-state index contributed by atoms with van der Waals surface area (Å²) in [7, 11) is 1.61.